The molecule has 0 amide bonds. The Labute approximate surface area is 194 Å². The van der Waals surface area contributed by atoms with Gasteiger partial charge in [0, 0.05) is 37.5 Å². The summed E-state index contributed by atoms with van der Waals surface area (Å²) in [4.78, 5) is 4.67. The number of hydrogen-bond donors (Lipinski definition) is 2. The van der Waals surface area contributed by atoms with Gasteiger partial charge in [-0.05, 0) is 44.5 Å². The van der Waals surface area contributed by atoms with Gasteiger partial charge in [-0.1, -0.05) is 6.07 Å². The molecular weight excluding hydrogens is 495 g/mol. The van der Waals surface area contributed by atoms with E-state index in [-0.39, 0.29) is 24.0 Å². The maximum Gasteiger partial charge on any atom is 0.195 e. The van der Waals surface area contributed by atoms with Crippen LogP contribution in [0.5, 0.6) is 11.5 Å². The minimum Gasteiger partial charge on any atom is -0.493 e. The summed E-state index contributed by atoms with van der Waals surface area (Å²) in [5.74, 6) is 3.09. The van der Waals surface area contributed by atoms with E-state index in [0.717, 1.165) is 42.5 Å². The predicted molar refractivity (Wildman–Crippen MR) is 130 cm³/mol. The lowest BCUT2D eigenvalue weighted by atomic mass is 10.2. The normalized spacial score (nSPS) is 11.1. The van der Waals surface area contributed by atoms with Crippen LogP contribution in [0.2, 0.25) is 0 Å². The van der Waals surface area contributed by atoms with Gasteiger partial charge >= 0.3 is 0 Å². The lowest BCUT2D eigenvalue weighted by Crippen LogP contribution is -2.30. The van der Waals surface area contributed by atoms with E-state index < -0.39 is 0 Å². The number of fused-ring (bicyclic) bond motifs is 1. The maximum absolute atomic E-state index is 5.64. The maximum atomic E-state index is 5.64. The van der Waals surface area contributed by atoms with E-state index in [1.54, 1.807) is 7.11 Å². The smallest absolute Gasteiger partial charge is 0.195 e. The number of nitrogens with zero attached hydrogens (tertiary/aromatic N) is 4. The molecule has 1 aromatic carbocycles. The number of ether oxygens (including phenoxy) is 2. The summed E-state index contributed by atoms with van der Waals surface area (Å²) in [7, 11) is 1.63. The Bertz CT molecular complexity index is 960. The van der Waals surface area contributed by atoms with Crippen molar-refractivity contribution in [3.8, 4) is 11.5 Å². The Kier molecular flexibility index (Phi) is 9.65. The highest BCUT2D eigenvalue weighted by Crippen LogP contribution is 2.30. The second-order valence-electron chi connectivity index (χ2n) is 6.33. The number of aryl methyl sites for hydroxylation is 1. The van der Waals surface area contributed by atoms with Crippen molar-refractivity contribution < 1.29 is 9.47 Å². The molecule has 30 heavy (non-hydrogen) atoms. The van der Waals surface area contributed by atoms with Crippen molar-refractivity contribution >= 4 is 41.3 Å². The number of anilines is 1. The third kappa shape index (κ3) is 6.22. The van der Waals surface area contributed by atoms with E-state index in [0.29, 0.717) is 24.7 Å². The summed E-state index contributed by atoms with van der Waals surface area (Å²) in [5.41, 5.74) is 1.75. The van der Waals surface area contributed by atoms with E-state index >= 15 is 0 Å². The number of rotatable bonds is 9. The van der Waals surface area contributed by atoms with Crippen LogP contribution >= 0.6 is 24.0 Å². The van der Waals surface area contributed by atoms with Crippen molar-refractivity contribution in [2.45, 2.75) is 26.7 Å². The van der Waals surface area contributed by atoms with Crippen molar-refractivity contribution in [3.63, 3.8) is 0 Å². The first-order chi connectivity index (χ1) is 14.2. The van der Waals surface area contributed by atoms with Crippen LogP contribution in [0.3, 0.4) is 0 Å². The van der Waals surface area contributed by atoms with Crippen LogP contribution in [0.25, 0.3) is 5.65 Å². The molecule has 162 valence electrons. The molecule has 0 aliphatic carbocycles. The van der Waals surface area contributed by atoms with Crippen molar-refractivity contribution in [2.24, 2.45) is 4.99 Å². The fourth-order valence-corrected chi connectivity index (χ4v) is 2.96. The fourth-order valence-electron chi connectivity index (χ4n) is 2.96. The number of hydrogen-bond acceptors (Lipinski definition) is 5. The second-order valence-corrected chi connectivity index (χ2v) is 6.33. The zero-order valence-corrected chi connectivity index (χ0v) is 19.9. The zero-order valence-electron chi connectivity index (χ0n) is 17.6. The van der Waals surface area contributed by atoms with Gasteiger partial charge in [-0.3, -0.25) is 9.39 Å². The predicted octanol–water partition coefficient (Wildman–Crippen LogP) is 3.76. The Morgan fingerprint density at radius 3 is 2.77 bits per heavy atom. The first kappa shape index (κ1) is 23.7. The zero-order chi connectivity index (χ0) is 20.5. The summed E-state index contributed by atoms with van der Waals surface area (Å²) >= 11 is 0. The van der Waals surface area contributed by atoms with Crippen molar-refractivity contribution in [3.05, 3.63) is 48.4 Å². The van der Waals surface area contributed by atoms with Crippen LogP contribution in [0, 0.1) is 0 Å². The van der Waals surface area contributed by atoms with Crippen LogP contribution in [0.15, 0.2) is 47.6 Å². The number of guanidine groups is 1. The average Bonchev–Trinajstić information content (AvgIpc) is 3.15. The molecule has 2 N–H and O–H groups in total. The van der Waals surface area contributed by atoms with Crippen LogP contribution < -0.4 is 20.1 Å². The van der Waals surface area contributed by atoms with Gasteiger partial charge in [-0.2, -0.15) is 0 Å². The Morgan fingerprint density at radius 1 is 1.13 bits per heavy atom. The molecule has 0 atom stereocenters. The number of nitrogens with one attached hydrogen (secondary N) is 2. The van der Waals surface area contributed by atoms with E-state index in [1.165, 1.54) is 0 Å². The Balaban J connectivity index is 0.00000320. The van der Waals surface area contributed by atoms with Crippen LogP contribution in [-0.4, -0.2) is 47.4 Å². The minimum atomic E-state index is 0. The molecule has 2 aromatic heterocycles. The third-order valence-corrected chi connectivity index (χ3v) is 4.28. The molecule has 9 heteroatoms. The molecule has 0 fully saturated rings. The molecule has 0 aliphatic rings. The van der Waals surface area contributed by atoms with Crippen LogP contribution in [0.4, 0.5) is 5.69 Å². The molecule has 0 saturated carbocycles. The largest absolute Gasteiger partial charge is 0.493 e. The lowest BCUT2D eigenvalue weighted by molar-refractivity contribution is 0.311. The average molecular weight is 524 g/mol. The van der Waals surface area contributed by atoms with Gasteiger partial charge in [0.2, 0.25) is 0 Å². The standard InChI is InChI=1S/C21H28N6O2.HI/c1-4-22-21(24-16-11-12-17(28-3)18(15-16)29-5-2)23-13-8-10-20-26-25-19-9-6-7-14-27(19)20;/h6-7,9,11-12,14-15H,4-5,8,10,13H2,1-3H3,(H2,22,23,24);1H. The van der Waals surface area contributed by atoms with E-state index in [1.807, 2.05) is 60.8 Å². The first-order valence-corrected chi connectivity index (χ1v) is 9.90. The van der Waals surface area contributed by atoms with Crippen molar-refractivity contribution in [1.29, 1.82) is 0 Å². The summed E-state index contributed by atoms with van der Waals surface area (Å²) in [6.07, 6.45) is 3.67. The van der Waals surface area contributed by atoms with Crippen LogP contribution in [0.1, 0.15) is 26.1 Å². The van der Waals surface area contributed by atoms with Gasteiger partial charge in [-0.25, -0.2) is 0 Å². The Hall–Kier alpha value is -2.56. The molecule has 8 nitrogen and oxygen atoms in total. The minimum absolute atomic E-state index is 0. The molecule has 0 bridgehead atoms. The quantitative estimate of drug-likeness (QED) is 0.192. The monoisotopic (exact) mass is 524 g/mol. The van der Waals surface area contributed by atoms with Gasteiger partial charge in [0.1, 0.15) is 5.82 Å². The number of methoxy groups -OCH3 is 1. The highest BCUT2D eigenvalue weighted by molar-refractivity contribution is 14.0. The van der Waals surface area contributed by atoms with Crippen molar-refractivity contribution in [2.75, 3.05) is 32.1 Å². The summed E-state index contributed by atoms with van der Waals surface area (Å²) in [5, 5.41) is 15.0. The molecular formula is C21H29IN6O2. The van der Waals surface area contributed by atoms with Gasteiger partial charge in [0.15, 0.2) is 23.1 Å². The highest BCUT2D eigenvalue weighted by atomic mass is 127. The molecule has 2 heterocycles. The fraction of sp³-hybridized carbons (Fsp3) is 0.381. The molecule has 0 unspecified atom stereocenters. The molecule has 0 spiro atoms. The number of aliphatic imine (C=N–C) groups is 1. The highest BCUT2D eigenvalue weighted by Gasteiger charge is 2.07. The SMILES string of the molecule is CCNC(=NCCCc1nnc2ccccn12)Nc1ccc(OC)c(OCC)c1.I. The topological polar surface area (TPSA) is 85.1 Å². The van der Waals surface area contributed by atoms with E-state index in [2.05, 4.69) is 25.8 Å². The third-order valence-electron chi connectivity index (χ3n) is 4.28. The van der Waals surface area contributed by atoms with Crippen LogP contribution in [-0.2, 0) is 6.42 Å². The van der Waals surface area contributed by atoms with Gasteiger partial charge < -0.3 is 20.1 Å². The number of halogens is 1. The summed E-state index contributed by atoms with van der Waals surface area (Å²) in [6, 6.07) is 11.6. The molecule has 0 radical (unpaired) electrons. The summed E-state index contributed by atoms with van der Waals surface area (Å²) < 4.78 is 13.0. The molecule has 3 aromatic rings. The summed E-state index contributed by atoms with van der Waals surface area (Å²) in [6.45, 7) is 6.01. The number of pyridine rings is 1. The van der Waals surface area contributed by atoms with E-state index in [9.17, 15) is 0 Å². The number of benzene rings is 1. The number of aromatic nitrogens is 3. The van der Waals surface area contributed by atoms with Gasteiger partial charge in [0.05, 0.1) is 13.7 Å². The first-order valence-electron chi connectivity index (χ1n) is 9.90. The molecule has 0 saturated heterocycles. The molecule has 0 aliphatic heterocycles. The lowest BCUT2D eigenvalue weighted by Gasteiger charge is -2.14. The second kappa shape index (κ2) is 12.2. The van der Waals surface area contributed by atoms with Gasteiger partial charge in [0.25, 0.3) is 0 Å². The van der Waals surface area contributed by atoms with Crippen molar-refractivity contribution in [1.82, 2.24) is 19.9 Å². The van der Waals surface area contributed by atoms with Gasteiger partial charge in [-0.15, -0.1) is 34.2 Å². The molecule has 3 rings (SSSR count). The Morgan fingerprint density at radius 2 is 2.00 bits per heavy atom. The van der Waals surface area contributed by atoms with E-state index in [4.69, 9.17) is 9.47 Å².